The van der Waals surface area contributed by atoms with Crippen LogP contribution in [-0.2, 0) is 4.79 Å². The minimum atomic E-state index is -0.293. The lowest BCUT2D eigenvalue weighted by Gasteiger charge is -2.38. The molecule has 2 N–H and O–H groups in total. The van der Waals surface area contributed by atoms with Gasteiger partial charge in [-0.05, 0) is 32.1 Å². The van der Waals surface area contributed by atoms with E-state index < -0.39 is 0 Å². The van der Waals surface area contributed by atoms with Crippen molar-refractivity contribution in [2.45, 2.75) is 38.1 Å². The van der Waals surface area contributed by atoms with Gasteiger partial charge in [-0.1, -0.05) is 0 Å². The predicted octanol–water partition coefficient (Wildman–Crippen LogP) is 0.460. The lowest BCUT2D eigenvalue weighted by Crippen LogP contribution is -2.52. The third-order valence-corrected chi connectivity index (χ3v) is 4.14. The molecule has 0 aromatic heterocycles. The second-order valence-corrected chi connectivity index (χ2v) is 5.54. The van der Waals surface area contributed by atoms with Gasteiger partial charge in [0.2, 0.25) is 5.91 Å². The molecular formula is C12H19N3O2. The maximum atomic E-state index is 12.0. The molecule has 3 fully saturated rings. The van der Waals surface area contributed by atoms with Gasteiger partial charge in [0.1, 0.15) is 0 Å². The van der Waals surface area contributed by atoms with Gasteiger partial charge in [0.25, 0.3) is 0 Å². The minimum Gasteiger partial charge on any atom is -0.356 e. The van der Waals surface area contributed by atoms with Crippen LogP contribution < -0.4 is 10.6 Å². The van der Waals surface area contributed by atoms with E-state index >= 15 is 0 Å². The number of hydrogen-bond donors (Lipinski definition) is 2. The highest BCUT2D eigenvalue weighted by atomic mass is 16.2. The molecule has 3 rings (SSSR count). The lowest BCUT2D eigenvalue weighted by molar-refractivity contribution is -0.129. The van der Waals surface area contributed by atoms with Crippen LogP contribution in [0.3, 0.4) is 0 Å². The molecule has 5 heteroatoms. The first-order valence-electron chi connectivity index (χ1n) is 6.53. The van der Waals surface area contributed by atoms with E-state index in [1.54, 1.807) is 0 Å². The third-order valence-electron chi connectivity index (χ3n) is 4.14. The molecule has 1 spiro atoms. The predicted molar refractivity (Wildman–Crippen MR) is 62.4 cm³/mol. The van der Waals surface area contributed by atoms with E-state index in [0.717, 1.165) is 45.2 Å². The fourth-order valence-corrected chi connectivity index (χ4v) is 2.90. The number of hydrogen-bond acceptors (Lipinski definition) is 2. The molecule has 2 saturated heterocycles. The zero-order valence-electron chi connectivity index (χ0n) is 10.00. The molecule has 1 saturated carbocycles. The topological polar surface area (TPSA) is 61.4 Å². The average molecular weight is 237 g/mol. The molecule has 0 aromatic carbocycles. The quantitative estimate of drug-likeness (QED) is 0.696. The minimum absolute atomic E-state index is 0.0197. The fourth-order valence-electron chi connectivity index (χ4n) is 2.90. The smallest absolute Gasteiger partial charge is 0.317 e. The van der Waals surface area contributed by atoms with Gasteiger partial charge in [-0.3, -0.25) is 4.79 Å². The molecule has 1 atom stereocenters. The highest BCUT2D eigenvalue weighted by molar-refractivity contribution is 5.86. The zero-order chi connectivity index (χ0) is 11.9. The van der Waals surface area contributed by atoms with Crippen LogP contribution in [0.15, 0.2) is 0 Å². The van der Waals surface area contributed by atoms with Gasteiger partial charge in [0.05, 0.1) is 5.41 Å². The van der Waals surface area contributed by atoms with Crippen molar-refractivity contribution in [2.24, 2.45) is 5.41 Å². The van der Waals surface area contributed by atoms with E-state index in [-0.39, 0.29) is 17.4 Å². The van der Waals surface area contributed by atoms with Crippen LogP contribution >= 0.6 is 0 Å². The van der Waals surface area contributed by atoms with Gasteiger partial charge in [-0.2, -0.15) is 0 Å². The first kappa shape index (κ1) is 10.9. The van der Waals surface area contributed by atoms with Crippen molar-refractivity contribution in [2.75, 3.05) is 19.6 Å². The van der Waals surface area contributed by atoms with Crippen molar-refractivity contribution >= 4 is 11.9 Å². The van der Waals surface area contributed by atoms with Gasteiger partial charge >= 0.3 is 6.03 Å². The zero-order valence-corrected chi connectivity index (χ0v) is 10.00. The number of piperidine rings is 1. The van der Waals surface area contributed by atoms with Gasteiger partial charge in [0, 0.05) is 25.7 Å². The Morgan fingerprint density at radius 3 is 2.88 bits per heavy atom. The van der Waals surface area contributed by atoms with Crippen LogP contribution in [0.25, 0.3) is 0 Å². The van der Waals surface area contributed by atoms with Crippen LogP contribution in [0, 0.1) is 5.41 Å². The first-order chi connectivity index (χ1) is 8.20. The van der Waals surface area contributed by atoms with E-state index in [0.29, 0.717) is 12.6 Å². The highest BCUT2D eigenvalue weighted by Crippen LogP contribution is 2.36. The number of amides is 3. The maximum absolute atomic E-state index is 12.0. The Hall–Kier alpha value is -1.26. The Kier molecular flexibility index (Phi) is 2.49. The molecule has 2 aliphatic heterocycles. The monoisotopic (exact) mass is 237 g/mol. The molecule has 0 aromatic rings. The van der Waals surface area contributed by atoms with Gasteiger partial charge in [0.15, 0.2) is 0 Å². The van der Waals surface area contributed by atoms with Crippen LogP contribution in [0.4, 0.5) is 4.79 Å². The Morgan fingerprint density at radius 1 is 1.41 bits per heavy atom. The summed E-state index contributed by atoms with van der Waals surface area (Å²) in [7, 11) is 0. The van der Waals surface area contributed by atoms with E-state index in [4.69, 9.17) is 0 Å². The van der Waals surface area contributed by atoms with Gasteiger partial charge < -0.3 is 15.5 Å². The lowest BCUT2D eigenvalue weighted by atomic mass is 9.78. The van der Waals surface area contributed by atoms with E-state index in [1.807, 2.05) is 4.90 Å². The van der Waals surface area contributed by atoms with E-state index in [9.17, 15) is 9.59 Å². The third kappa shape index (κ3) is 1.98. The summed E-state index contributed by atoms with van der Waals surface area (Å²) in [6.07, 6.45) is 4.94. The highest BCUT2D eigenvalue weighted by Gasteiger charge is 2.46. The number of nitrogens with one attached hydrogen (secondary N) is 2. The molecule has 3 amide bonds. The van der Waals surface area contributed by atoms with Crippen molar-refractivity contribution in [3.63, 3.8) is 0 Å². The average Bonchev–Trinajstić information content (AvgIpc) is 3.07. The van der Waals surface area contributed by atoms with Crippen molar-refractivity contribution in [1.82, 2.24) is 15.5 Å². The normalized spacial score (nSPS) is 32.7. The Morgan fingerprint density at radius 2 is 2.24 bits per heavy atom. The van der Waals surface area contributed by atoms with E-state index in [2.05, 4.69) is 10.6 Å². The number of likely N-dealkylation sites (tertiary alicyclic amines) is 1. The number of urea groups is 1. The summed E-state index contributed by atoms with van der Waals surface area (Å²) in [5.74, 6) is 0.140. The summed E-state index contributed by atoms with van der Waals surface area (Å²) in [4.78, 5) is 25.7. The summed E-state index contributed by atoms with van der Waals surface area (Å²) in [5.41, 5.74) is -0.293. The molecule has 2 heterocycles. The Bertz CT molecular complexity index is 354. The molecule has 94 valence electrons. The standard InChI is InChI=1S/C12H19N3O2/c16-10-12(5-6-13-10)4-1-7-15(8-12)11(17)14-9-2-3-9/h9H,1-8H2,(H,13,16)(H,14,17)/t12-/m0/s1. The van der Waals surface area contributed by atoms with Crippen LogP contribution in [0.1, 0.15) is 32.1 Å². The van der Waals surface area contributed by atoms with Crippen molar-refractivity contribution < 1.29 is 9.59 Å². The number of carbonyl (C=O) groups is 2. The van der Waals surface area contributed by atoms with Crippen LogP contribution in [0.2, 0.25) is 0 Å². The molecule has 17 heavy (non-hydrogen) atoms. The Balaban J connectivity index is 1.66. The van der Waals surface area contributed by atoms with Crippen molar-refractivity contribution in [1.29, 1.82) is 0 Å². The summed E-state index contributed by atoms with van der Waals surface area (Å²) < 4.78 is 0. The fraction of sp³-hybridized carbons (Fsp3) is 0.833. The molecule has 1 aliphatic carbocycles. The number of carbonyl (C=O) groups excluding carboxylic acids is 2. The Labute approximate surface area is 101 Å². The SMILES string of the molecule is O=C(NC1CC1)N1CCC[C@]2(CCNC2=O)C1. The van der Waals surface area contributed by atoms with Gasteiger partial charge in [-0.25, -0.2) is 4.79 Å². The summed E-state index contributed by atoms with van der Waals surface area (Å²) in [6.45, 7) is 2.14. The molecular weight excluding hydrogens is 218 g/mol. The second kappa shape index (κ2) is 3.89. The van der Waals surface area contributed by atoms with Crippen molar-refractivity contribution in [3.05, 3.63) is 0 Å². The van der Waals surface area contributed by atoms with Crippen molar-refractivity contribution in [3.8, 4) is 0 Å². The first-order valence-corrected chi connectivity index (χ1v) is 6.53. The second-order valence-electron chi connectivity index (χ2n) is 5.54. The molecule has 0 unspecified atom stereocenters. The molecule has 3 aliphatic rings. The number of nitrogens with zero attached hydrogens (tertiary/aromatic N) is 1. The van der Waals surface area contributed by atoms with Crippen LogP contribution in [-0.4, -0.2) is 42.5 Å². The molecule has 5 nitrogen and oxygen atoms in total. The largest absolute Gasteiger partial charge is 0.356 e. The molecule has 0 radical (unpaired) electrons. The van der Waals surface area contributed by atoms with Gasteiger partial charge in [-0.15, -0.1) is 0 Å². The summed E-state index contributed by atoms with van der Waals surface area (Å²) >= 11 is 0. The van der Waals surface area contributed by atoms with Crippen LogP contribution in [0.5, 0.6) is 0 Å². The van der Waals surface area contributed by atoms with E-state index in [1.165, 1.54) is 0 Å². The summed E-state index contributed by atoms with van der Waals surface area (Å²) in [5, 5.41) is 5.90. The summed E-state index contributed by atoms with van der Waals surface area (Å²) in [6, 6.07) is 0.407. The molecule has 0 bridgehead atoms. The number of rotatable bonds is 1. The maximum Gasteiger partial charge on any atom is 0.317 e.